The number of hydrogen-bond donors (Lipinski definition) is 0. The predicted molar refractivity (Wildman–Crippen MR) is 108 cm³/mol. The Labute approximate surface area is 163 Å². The van der Waals surface area contributed by atoms with E-state index in [1.807, 2.05) is 39.0 Å². The molecule has 0 N–H and O–H groups in total. The van der Waals surface area contributed by atoms with Crippen LogP contribution in [0.15, 0.2) is 48.0 Å². The molecule has 7 nitrogen and oxygen atoms in total. The maximum absolute atomic E-state index is 13.2. The summed E-state index contributed by atoms with van der Waals surface area (Å²) >= 11 is 0. The molecule has 0 spiro atoms. The van der Waals surface area contributed by atoms with Crippen molar-refractivity contribution in [2.45, 2.75) is 32.7 Å². The molecule has 3 heterocycles. The van der Waals surface area contributed by atoms with Gasteiger partial charge in [-0.15, -0.1) is 0 Å². The Bertz CT molecular complexity index is 1060. The Hall–Kier alpha value is -3.48. The molecule has 4 rings (SSSR count). The van der Waals surface area contributed by atoms with Crippen molar-refractivity contribution >= 4 is 24.1 Å². The van der Waals surface area contributed by atoms with E-state index in [2.05, 4.69) is 31.6 Å². The standard InChI is InChI=1S/C21H20N6O/c1-13-23-8-15(9-24-13)14-5-6-17-18(7-14)27(20(28)21(17,2)3)19-12-25-16(10-22-4)11-26-19/h5-9,11-12H,4,10H2,1-3H3. The fraction of sp³-hybridized carbons (Fsp3) is 0.238. The number of amides is 1. The van der Waals surface area contributed by atoms with Crippen LogP contribution in [0, 0.1) is 6.92 Å². The molecule has 1 aliphatic rings. The van der Waals surface area contributed by atoms with Gasteiger partial charge in [0.05, 0.1) is 35.7 Å². The zero-order chi connectivity index (χ0) is 19.9. The SMILES string of the molecule is C=NCc1cnc(N2C(=O)C(C)(C)c3ccc(-c4cnc(C)nc4)cc32)cn1. The summed E-state index contributed by atoms with van der Waals surface area (Å²) in [5, 5.41) is 0. The molecule has 140 valence electrons. The van der Waals surface area contributed by atoms with Gasteiger partial charge >= 0.3 is 0 Å². The highest BCUT2D eigenvalue weighted by molar-refractivity contribution is 6.12. The first-order valence-electron chi connectivity index (χ1n) is 8.93. The molecule has 1 amide bonds. The smallest absolute Gasteiger partial charge is 0.242 e. The number of fused-ring (bicyclic) bond motifs is 1. The molecule has 0 radical (unpaired) electrons. The van der Waals surface area contributed by atoms with Crippen LogP contribution in [0.25, 0.3) is 11.1 Å². The minimum absolute atomic E-state index is 0.0382. The average molecular weight is 372 g/mol. The first-order chi connectivity index (χ1) is 13.4. The topological polar surface area (TPSA) is 84.2 Å². The Kier molecular flexibility index (Phi) is 4.22. The average Bonchev–Trinajstić information content (AvgIpc) is 2.89. The lowest BCUT2D eigenvalue weighted by atomic mass is 9.85. The molecule has 0 fully saturated rings. The first-order valence-corrected chi connectivity index (χ1v) is 8.93. The highest BCUT2D eigenvalue weighted by Crippen LogP contribution is 2.46. The van der Waals surface area contributed by atoms with E-state index in [1.54, 1.807) is 29.7 Å². The summed E-state index contributed by atoms with van der Waals surface area (Å²) in [7, 11) is 0. The second-order valence-electron chi connectivity index (χ2n) is 7.26. The molecule has 2 aromatic heterocycles. The maximum Gasteiger partial charge on any atom is 0.242 e. The van der Waals surface area contributed by atoms with Crippen molar-refractivity contribution in [3.05, 3.63) is 60.1 Å². The minimum atomic E-state index is -0.652. The molecule has 28 heavy (non-hydrogen) atoms. The van der Waals surface area contributed by atoms with Crippen LogP contribution in [-0.2, 0) is 16.8 Å². The largest absolute Gasteiger partial charge is 0.294 e. The summed E-state index contributed by atoms with van der Waals surface area (Å²) in [6.45, 7) is 9.55. The van der Waals surface area contributed by atoms with E-state index in [0.29, 0.717) is 23.9 Å². The predicted octanol–water partition coefficient (Wildman–Crippen LogP) is 3.40. The number of aliphatic imine (C=N–C) groups is 1. The van der Waals surface area contributed by atoms with Gasteiger partial charge in [-0.25, -0.2) is 15.0 Å². The Morgan fingerprint density at radius 1 is 1.04 bits per heavy atom. The molecule has 1 aliphatic heterocycles. The van der Waals surface area contributed by atoms with Crippen LogP contribution in [0.1, 0.15) is 30.9 Å². The summed E-state index contributed by atoms with van der Waals surface area (Å²) in [5.41, 5.74) is 3.64. The van der Waals surface area contributed by atoms with Crippen LogP contribution in [0.4, 0.5) is 11.5 Å². The number of rotatable bonds is 4. The third-order valence-electron chi connectivity index (χ3n) is 4.96. The van der Waals surface area contributed by atoms with Crippen LogP contribution in [-0.4, -0.2) is 32.6 Å². The molecule has 0 saturated heterocycles. The number of benzene rings is 1. The second-order valence-corrected chi connectivity index (χ2v) is 7.26. The van der Waals surface area contributed by atoms with Crippen molar-refractivity contribution in [1.82, 2.24) is 19.9 Å². The third kappa shape index (κ3) is 2.85. The van der Waals surface area contributed by atoms with Gasteiger partial charge in [0.2, 0.25) is 5.91 Å². The van der Waals surface area contributed by atoms with Gasteiger partial charge in [-0.3, -0.25) is 19.7 Å². The van der Waals surface area contributed by atoms with Crippen LogP contribution in [0.2, 0.25) is 0 Å². The van der Waals surface area contributed by atoms with Gasteiger partial charge in [0.15, 0.2) is 5.82 Å². The summed E-state index contributed by atoms with van der Waals surface area (Å²) < 4.78 is 0. The van der Waals surface area contributed by atoms with Gasteiger partial charge in [-0.2, -0.15) is 0 Å². The monoisotopic (exact) mass is 372 g/mol. The van der Waals surface area contributed by atoms with Gasteiger partial charge in [0, 0.05) is 18.0 Å². The highest BCUT2D eigenvalue weighted by atomic mass is 16.2. The Balaban J connectivity index is 1.81. The summed E-state index contributed by atoms with van der Waals surface area (Å²) in [4.78, 5) is 36.0. The minimum Gasteiger partial charge on any atom is -0.294 e. The number of carbonyl (C=O) groups excluding carboxylic acids is 1. The molecular weight excluding hydrogens is 352 g/mol. The lowest BCUT2D eigenvalue weighted by molar-refractivity contribution is -0.121. The van der Waals surface area contributed by atoms with E-state index in [9.17, 15) is 4.79 Å². The number of carbonyl (C=O) groups is 1. The van der Waals surface area contributed by atoms with Crippen molar-refractivity contribution in [2.75, 3.05) is 4.90 Å². The molecule has 0 bridgehead atoms. The molecule has 0 saturated carbocycles. The van der Waals surface area contributed by atoms with Gasteiger partial charge < -0.3 is 0 Å². The van der Waals surface area contributed by atoms with Gasteiger partial charge in [-0.1, -0.05) is 12.1 Å². The fourth-order valence-electron chi connectivity index (χ4n) is 3.36. The van der Waals surface area contributed by atoms with Crippen molar-refractivity contribution in [3.8, 4) is 11.1 Å². The number of hydrogen-bond acceptors (Lipinski definition) is 6. The van der Waals surface area contributed by atoms with Gasteiger partial charge in [0.25, 0.3) is 0 Å². The Morgan fingerprint density at radius 3 is 2.43 bits per heavy atom. The van der Waals surface area contributed by atoms with E-state index in [-0.39, 0.29) is 5.91 Å². The first kappa shape index (κ1) is 17.9. The number of nitrogens with zero attached hydrogens (tertiary/aromatic N) is 6. The second kappa shape index (κ2) is 6.60. The number of aryl methyl sites for hydroxylation is 1. The zero-order valence-electron chi connectivity index (χ0n) is 16.0. The molecule has 7 heteroatoms. The fourth-order valence-corrected chi connectivity index (χ4v) is 3.36. The highest BCUT2D eigenvalue weighted by Gasteiger charge is 2.45. The van der Waals surface area contributed by atoms with Crippen LogP contribution in [0.3, 0.4) is 0 Å². The lowest BCUT2D eigenvalue weighted by Gasteiger charge is -2.19. The Morgan fingerprint density at radius 2 is 1.79 bits per heavy atom. The molecule has 1 aromatic carbocycles. The summed E-state index contributed by atoms with van der Waals surface area (Å²) in [6, 6.07) is 5.97. The third-order valence-corrected chi connectivity index (χ3v) is 4.96. The molecular formula is C21H20N6O. The summed E-state index contributed by atoms with van der Waals surface area (Å²) in [6.07, 6.45) is 6.80. The normalized spacial score (nSPS) is 14.8. The van der Waals surface area contributed by atoms with E-state index < -0.39 is 5.41 Å². The molecule has 0 aliphatic carbocycles. The number of anilines is 2. The quantitative estimate of drug-likeness (QED) is 0.655. The van der Waals surface area contributed by atoms with Crippen molar-refractivity contribution in [3.63, 3.8) is 0 Å². The molecule has 3 aromatic rings. The zero-order valence-corrected chi connectivity index (χ0v) is 16.0. The van der Waals surface area contributed by atoms with Crippen LogP contribution < -0.4 is 4.90 Å². The van der Waals surface area contributed by atoms with E-state index in [1.165, 1.54) is 0 Å². The molecule has 0 atom stereocenters. The van der Waals surface area contributed by atoms with Gasteiger partial charge in [-0.05, 0) is 44.7 Å². The lowest BCUT2D eigenvalue weighted by Crippen LogP contribution is -2.33. The number of aromatic nitrogens is 4. The van der Waals surface area contributed by atoms with E-state index in [0.717, 1.165) is 22.4 Å². The van der Waals surface area contributed by atoms with Gasteiger partial charge in [0.1, 0.15) is 5.82 Å². The molecule has 0 unspecified atom stereocenters. The van der Waals surface area contributed by atoms with Crippen molar-refractivity contribution < 1.29 is 4.79 Å². The van der Waals surface area contributed by atoms with Crippen LogP contribution in [0.5, 0.6) is 0 Å². The maximum atomic E-state index is 13.2. The van der Waals surface area contributed by atoms with Crippen molar-refractivity contribution in [1.29, 1.82) is 0 Å². The van der Waals surface area contributed by atoms with Crippen molar-refractivity contribution in [2.24, 2.45) is 4.99 Å². The van der Waals surface area contributed by atoms with E-state index in [4.69, 9.17) is 0 Å². The summed E-state index contributed by atoms with van der Waals surface area (Å²) in [5.74, 6) is 1.16. The van der Waals surface area contributed by atoms with E-state index >= 15 is 0 Å². The van der Waals surface area contributed by atoms with Crippen LogP contribution >= 0.6 is 0 Å².